The summed E-state index contributed by atoms with van der Waals surface area (Å²) in [5.41, 5.74) is 10.3. The number of aromatic amines is 1. The molecule has 0 saturated heterocycles. The minimum Gasteiger partial charge on any atom is -0.461 e. The van der Waals surface area contributed by atoms with Gasteiger partial charge in [0.25, 0.3) is 5.56 Å². The number of aryl methyl sites for hydroxylation is 1. The first-order valence-corrected chi connectivity index (χ1v) is 10.3. The first kappa shape index (κ1) is 19.2. The highest BCUT2D eigenvalue weighted by Gasteiger charge is 2.36. The van der Waals surface area contributed by atoms with Crippen LogP contribution in [0, 0.1) is 6.92 Å². The number of fused-ring (bicyclic) bond motifs is 1. The maximum Gasteiger partial charge on any atom is 0.257 e. The van der Waals surface area contributed by atoms with E-state index in [4.69, 9.17) is 10.2 Å². The fourth-order valence-corrected chi connectivity index (χ4v) is 4.17. The molecule has 1 unspecified atom stereocenters. The van der Waals surface area contributed by atoms with Gasteiger partial charge in [0.2, 0.25) is 0 Å². The van der Waals surface area contributed by atoms with Crippen LogP contribution in [0.25, 0.3) is 17.4 Å². The van der Waals surface area contributed by atoms with Gasteiger partial charge in [-0.25, -0.2) is 0 Å². The summed E-state index contributed by atoms with van der Waals surface area (Å²) in [4.78, 5) is 15.5. The van der Waals surface area contributed by atoms with Crippen molar-refractivity contribution < 1.29 is 4.42 Å². The minimum atomic E-state index is -0.647. The van der Waals surface area contributed by atoms with Gasteiger partial charge >= 0.3 is 0 Å². The first-order chi connectivity index (χ1) is 15.1. The second-order valence-corrected chi connectivity index (χ2v) is 7.76. The lowest BCUT2D eigenvalue weighted by molar-refractivity contribution is 0.548. The number of benzene rings is 2. The van der Waals surface area contributed by atoms with Crippen LogP contribution >= 0.6 is 0 Å². The van der Waals surface area contributed by atoms with Gasteiger partial charge in [0, 0.05) is 12.7 Å². The lowest BCUT2D eigenvalue weighted by Gasteiger charge is -2.38. The smallest absolute Gasteiger partial charge is 0.257 e. The third kappa shape index (κ3) is 3.20. The summed E-state index contributed by atoms with van der Waals surface area (Å²) in [6.07, 6.45) is 5.65. The average Bonchev–Trinajstić information content (AvgIpc) is 3.25. The Balaban J connectivity index is 1.74. The maximum atomic E-state index is 12.6. The van der Waals surface area contributed by atoms with Crippen molar-refractivity contribution >= 4 is 11.8 Å². The second-order valence-electron chi connectivity index (χ2n) is 7.76. The van der Waals surface area contributed by atoms with Crippen molar-refractivity contribution in [1.82, 2.24) is 4.98 Å². The Morgan fingerprint density at radius 3 is 2.39 bits per heavy atom. The molecular formula is C26H23N3O2. The first-order valence-electron chi connectivity index (χ1n) is 10.3. The summed E-state index contributed by atoms with van der Waals surface area (Å²) in [6, 6.07) is 22.3. The van der Waals surface area contributed by atoms with Crippen molar-refractivity contribution in [2.45, 2.75) is 19.0 Å². The molecule has 31 heavy (non-hydrogen) atoms. The molecular weight excluding hydrogens is 386 g/mol. The van der Waals surface area contributed by atoms with E-state index in [-0.39, 0.29) is 5.56 Å². The molecule has 3 heterocycles. The molecule has 0 amide bonds. The Morgan fingerprint density at radius 1 is 0.968 bits per heavy atom. The van der Waals surface area contributed by atoms with E-state index in [1.54, 1.807) is 6.20 Å². The van der Waals surface area contributed by atoms with Crippen LogP contribution in [0.2, 0.25) is 0 Å². The van der Waals surface area contributed by atoms with Gasteiger partial charge in [0.05, 0.1) is 16.8 Å². The Hall–Kier alpha value is -3.83. The highest BCUT2D eigenvalue weighted by molar-refractivity contribution is 5.86. The van der Waals surface area contributed by atoms with Crippen LogP contribution in [0.5, 0.6) is 0 Å². The predicted octanol–water partition coefficient (Wildman–Crippen LogP) is 4.78. The zero-order valence-corrected chi connectivity index (χ0v) is 17.2. The van der Waals surface area contributed by atoms with Crippen molar-refractivity contribution in [3.8, 4) is 11.3 Å². The van der Waals surface area contributed by atoms with Gasteiger partial charge < -0.3 is 20.5 Å². The molecule has 0 radical (unpaired) electrons. The van der Waals surface area contributed by atoms with Gasteiger partial charge in [-0.3, -0.25) is 4.79 Å². The molecule has 5 nitrogen and oxygen atoms in total. The van der Waals surface area contributed by atoms with E-state index >= 15 is 0 Å². The van der Waals surface area contributed by atoms with Crippen LogP contribution in [0.15, 0.2) is 88.2 Å². The van der Waals surface area contributed by atoms with Gasteiger partial charge in [-0.15, -0.1) is 0 Å². The molecule has 154 valence electrons. The van der Waals surface area contributed by atoms with Crippen LogP contribution in [-0.4, -0.2) is 4.98 Å². The summed E-state index contributed by atoms with van der Waals surface area (Å²) in [5, 5.41) is 3.70. The number of hydrogen-bond acceptors (Lipinski definition) is 4. The van der Waals surface area contributed by atoms with Gasteiger partial charge in [-0.2, -0.15) is 0 Å². The lowest BCUT2D eigenvalue weighted by Crippen LogP contribution is -2.38. The van der Waals surface area contributed by atoms with Gasteiger partial charge in [0.1, 0.15) is 17.1 Å². The molecule has 2 aromatic heterocycles. The number of furan rings is 1. The van der Waals surface area contributed by atoms with Crippen molar-refractivity contribution in [2.75, 3.05) is 5.32 Å². The molecule has 1 aliphatic rings. The van der Waals surface area contributed by atoms with Crippen molar-refractivity contribution in [1.29, 1.82) is 0 Å². The fourth-order valence-electron chi connectivity index (χ4n) is 4.17. The molecule has 5 rings (SSSR count). The number of H-pyrrole nitrogens is 1. The van der Waals surface area contributed by atoms with Crippen LogP contribution in [0.4, 0.5) is 5.69 Å². The number of aromatic nitrogens is 1. The van der Waals surface area contributed by atoms with E-state index in [0.29, 0.717) is 17.9 Å². The Morgan fingerprint density at radius 2 is 1.71 bits per heavy atom. The molecule has 0 fully saturated rings. The largest absolute Gasteiger partial charge is 0.461 e. The Bertz CT molecular complexity index is 1320. The average molecular weight is 409 g/mol. The molecule has 1 atom stereocenters. The molecule has 2 aromatic carbocycles. The van der Waals surface area contributed by atoms with Crippen LogP contribution in [0.3, 0.4) is 0 Å². The molecule has 4 aromatic rings. The zero-order valence-electron chi connectivity index (χ0n) is 17.2. The predicted molar refractivity (Wildman–Crippen MR) is 124 cm³/mol. The van der Waals surface area contributed by atoms with E-state index < -0.39 is 5.54 Å². The topological polar surface area (TPSA) is 84.0 Å². The number of nitrogens with two attached hydrogens (primary N) is 1. The molecule has 0 spiro atoms. The molecule has 0 saturated carbocycles. The molecule has 0 aliphatic carbocycles. The van der Waals surface area contributed by atoms with E-state index in [0.717, 1.165) is 33.7 Å². The lowest BCUT2D eigenvalue weighted by atomic mass is 9.79. The van der Waals surface area contributed by atoms with E-state index in [1.807, 2.05) is 55.5 Å². The normalized spacial score (nSPS) is 17.2. The molecule has 1 aliphatic heterocycles. The van der Waals surface area contributed by atoms with Crippen LogP contribution < -0.4 is 16.6 Å². The molecule has 4 N–H and O–H groups in total. The summed E-state index contributed by atoms with van der Waals surface area (Å²) < 4.78 is 5.89. The van der Waals surface area contributed by atoms with Crippen LogP contribution in [-0.2, 0) is 12.1 Å². The molecule has 0 bridgehead atoms. The SMILES string of the molecule is Cc1ccc(-c2c[nH]c(=O)c3c2NC(c2ccccc2)(c2ccc(CN)cc2)C=C3)o1. The van der Waals surface area contributed by atoms with Gasteiger partial charge in [-0.05, 0) is 47.9 Å². The van der Waals surface area contributed by atoms with E-state index in [2.05, 4.69) is 40.6 Å². The van der Waals surface area contributed by atoms with Crippen molar-refractivity contribution in [3.63, 3.8) is 0 Å². The van der Waals surface area contributed by atoms with Crippen molar-refractivity contribution in [2.24, 2.45) is 5.73 Å². The van der Waals surface area contributed by atoms with E-state index in [9.17, 15) is 4.79 Å². The fraction of sp³-hybridized carbons (Fsp3) is 0.115. The van der Waals surface area contributed by atoms with E-state index in [1.165, 1.54) is 0 Å². The van der Waals surface area contributed by atoms with Crippen molar-refractivity contribution in [3.05, 3.63) is 117 Å². The molecule has 5 heteroatoms. The Labute approximate surface area is 180 Å². The minimum absolute atomic E-state index is 0.147. The standard InChI is InChI=1S/C26H23N3O2/c1-17-7-12-23(31-17)22-16-28-25(30)21-13-14-26(29-24(21)22,19-5-3-2-4-6-19)20-10-8-18(15-27)9-11-20/h2-14,16,29H,15,27H2,1H3,(H,28,30). The third-order valence-electron chi connectivity index (χ3n) is 5.83. The number of pyridine rings is 1. The second kappa shape index (κ2) is 7.45. The van der Waals surface area contributed by atoms with Crippen LogP contribution in [0.1, 0.15) is 28.0 Å². The quantitative estimate of drug-likeness (QED) is 0.453. The van der Waals surface area contributed by atoms with Gasteiger partial charge in [0.15, 0.2) is 0 Å². The third-order valence-corrected chi connectivity index (χ3v) is 5.83. The number of anilines is 1. The number of hydrogen-bond donors (Lipinski definition) is 3. The summed E-state index contributed by atoms with van der Waals surface area (Å²) >= 11 is 0. The zero-order chi connectivity index (χ0) is 21.4. The Kier molecular flexibility index (Phi) is 4.60. The van der Waals surface area contributed by atoms with Gasteiger partial charge in [-0.1, -0.05) is 54.6 Å². The summed E-state index contributed by atoms with van der Waals surface area (Å²) in [6.45, 7) is 2.39. The highest BCUT2D eigenvalue weighted by Crippen LogP contribution is 2.43. The monoisotopic (exact) mass is 409 g/mol. The number of nitrogens with one attached hydrogen (secondary N) is 2. The highest BCUT2D eigenvalue weighted by atomic mass is 16.3. The summed E-state index contributed by atoms with van der Waals surface area (Å²) in [5.74, 6) is 1.52. The number of rotatable bonds is 4. The summed E-state index contributed by atoms with van der Waals surface area (Å²) in [7, 11) is 0. The maximum absolute atomic E-state index is 12.6.